The number of carbonyl (C=O) groups excluding carboxylic acids is 1. The van der Waals surface area contributed by atoms with Crippen LogP contribution in [0.1, 0.15) is 18.5 Å². The lowest BCUT2D eigenvalue weighted by Crippen LogP contribution is -2.41. The monoisotopic (exact) mass is 410 g/mol. The molecular formula is C19H23FN2O5S. The Morgan fingerprint density at radius 3 is 2.32 bits per heavy atom. The van der Waals surface area contributed by atoms with Crippen molar-refractivity contribution in [3.63, 3.8) is 0 Å². The molecule has 0 fully saturated rings. The Balaban J connectivity index is 2.25. The number of hydrogen-bond donors (Lipinski definition) is 1. The van der Waals surface area contributed by atoms with E-state index in [1.807, 2.05) is 0 Å². The molecule has 1 atom stereocenters. The number of carbonyl (C=O) groups is 1. The average molecular weight is 410 g/mol. The molecule has 0 spiro atoms. The Kier molecular flexibility index (Phi) is 6.85. The molecule has 0 aromatic heterocycles. The Morgan fingerprint density at radius 1 is 1.14 bits per heavy atom. The van der Waals surface area contributed by atoms with Crippen LogP contribution in [-0.4, -0.2) is 41.3 Å². The molecule has 0 saturated heterocycles. The molecule has 0 unspecified atom stereocenters. The Morgan fingerprint density at radius 2 is 1.79 bits per heavy atom. The lowest BCUT2D eigenvalue weighted by Gasteiger charge is -2.25. The van der Waals surface area contributed by atoms with E-state index in [1.54, 1.807) is 31.2 Å². The van der Waals surface area contributed by atoms with Crippen LogP contribution < -0.4 is 19.1 Å². The van der Waals surface area contributed by atoms with Gasteiger partial charge in [0, 0.05) is 6.07 Å². The van der Waals surface area contributed by atoms with Crippen molar-refractivity contribution in [2.24, 2.45) is 0 Å². The Hall–Kier alpha value is -2.81. The molecular weight excluding hydrogens is 387 g/mol. The third kappa shape index (κ3) is 5.35. The van der Waals surface area contributed by atoms with E-state index in [1.165, 1.54) is 32.4 Å². The maximum Gasteiger partial charge on any atom is 0.241 e. The van der Waals surface area contributed by atoms with Gasteiger partial charge in [0.2, 0.25) is 15.9 Å². The quantitative estimate of drug-likeness (QED) is 0.723. The number of nitrogens with zero attached hydrogens (tertiary/aromatic N) is 1. The van der Waals surface area contributed by atoms with E-state index in [4.69, 9.17) is 9.47 Å². The van der Waals surface area contributed by atoms with Gasteiger partial charge >= 0.3 is 0 Å². The van der Waals surface area contributed by atoms with Crippen LogP contribution in [-0.2, 0) is 14.8 Å². The highest BCUT2D eigenvalue weighted by Gasteiger charge is 2.25. The molecule has 0 bridgehead atoms. The van der Waals surface area contributed by atoms with Crippen LogP contribution in [0.4, 0.5) is 10.1 Å². The number of methoxy groups -OCH3 is 2. The van der Waals surface area contributed by atoms with Crippen molar-refractivity contribution in [2.45, 2.75) is 13.0 Å². The number of nitrogens with one attached hydrogen (secondary N) is 1. The molecule has 0 saturated carbocycles. The second kappa shape index (κ2) is 8.92. The second-order valence-corrected chi connectivity index (χ2v) is 8.05. The number of amides is 1. The van der Waals surface area contributed by atoms with Gasteiger partial charge in [0.1, 0.15) is 23.9 Å². The second-order valence-electron chi connectivity index (χ2n) is 6.15. The lowest BCUT2D eigenvalue weighted by atomic mass is 10.1. The average Bonchev–Trinajstić information content (AvgIpc) is 2.65. The number of hydrogen-bond acceptors (Lipinski definition) is 5. The standard InChI is InChI=1S/C19H23FN2O5S/c1-13(14-5-7-15(20)8-6-14)21-19(23)12-22(28(4,24)25)17-11-16(26-2)9-10-18(17)27-3/h5-11,13H,12H2,1-4H3,(H,21,23)/t13-/m0/s1. The molecule has 0 aliphatic rings. The van der Waals surface area contributed by atoms with Gasteiger partial charge in [-0.1, -0.05) is 12.1 Å². The van der Waals surface area contributed by atoms with Crippen molar-refractivity contribution >= 4 is 21.6 Å². The summed E-state index contributed by atoms with van der Waals surface area (Å²) in [7, 11) is -0.932. The highest BCUT2D eigenvalue weighted by atomic mass is 32.2. The van der Waals surface area contributed by atoms with Crippen molar-refractivity contribution < 1.29 is 27.1 Å². The van der Waals surface area contributed by atoms with Gasteiger partial charge in [-0.3, -0.25) is 9.10 Å². The molecule has 28 heavy (non-hydrogen) atoms. The summed E-state index contributed by atoms with van der Waals surface area (Å²) in [6.45, 7) is 1.27. The van der Waals surface area contributed by atoms with Gasteiger partial charge in [-0.05, 0) is 36.8 Å². The third-order valence-electron chi connectivity index (χ3n) is 4.09. The molecule has 7 nitrogen and oxygen atoms in total. The van der Waals surface area contributed by atoms with Crippen LogP contribution in [0.25, 0.3) is 0 Å². The summed E-state index contributed by atoms with van der Waals surface area (Å²) in [6, 6.07) is 9.94. The molecule has 1 N–H and O–H groups in total. The van der Waals surface area contributed by atoms with Crippen LogP contribution in [0, 0.1) is 5.82 Å². The smallest absolute Gasteiger partial charge is 0.241 e. The first-order chi connectivity index (χ1) is 13.2. The topological polar surface area (TPSA) is 84.9 Å². The zero-order valence-corrected chi connectivity index (χ0v) is 16.9. The van der Waals surface area contributed by atoms with E-state index < -0.39 is 28.5 Å². The van der Waals surface area contributed by atoms with Crippen molar-refractivity contribution in [2.75, 3.05) is 31.3 Å². The van der Waals surface area contributed by atoms with Crippen molar-refractivity contribution in [3.05, 3.63) is 53.8 Å². The largest absolute Gasteiger partial charge is 0.497 e. The van der Waals surface area contributed by atoms with Gasteiger partial charge < -0.3 is 14.8 Å². The van der Waals surface area contributed by atoms with Crippen LogP contribution in [0.2, 0.25) is 0 Å². The zero-order chi connectivity index (χ0) is 20.9. The van der Waals surface area contributed by atoms with Gasteiger partial charge in [-0.2, -0.15) is 0 Å². The molecule has 152 valence electrons. The molecule has 0 aliphatic carbocycles. The highest BCUT2D eigenvalue weighted by molar-refractivity contribution is 7.92. The highest BCUT2D eigenvalue weighted by Crippen LogP contribution is 2.33. The van der Waals surface area contributed by atoms with Gasteiger partial charge in [0.25, 0.3) is 0 Å². The van der Waals surface area contributed by atoms with E-state index in [0.29, 0.717) is 11.3 Å². The van der Waals surface area contributed by atoms with E-state index >= 15 is 0 Å². The van der Waals surface area contributed by atoms with E-state index in [9.17, 15) is 17.6 Å². The summed E-state index contributed by atoms with van der Waals surface area (Å²) in [6.07, 6.45) is 1.00. The van der Waals surface area contributed by atoms with E-state index in [-0.39, 0.29) is 17.3 Å². The number of ether oxygens (including phenoxy) is 2. The van der Waals surface area contributed by atoms with Gasteiger partial charge in [-0.25, -0.2) is 12.8 Å². The summed E-state index contributed by atoms with van der Waals surface area (Å²) in [5.74, 6) is -0.196. The molecule has 2 aromatic carbocycles. The summed E-state index contributed by atoms with van der Waals surface area (Å²) >= 11 is 0. The minimum Gasteiger partial charge on any atom is -0.497 e. The third-order valence-corrected chi connectivity index (χ3v) is 5.22. The minimum absolute atomic E-state index is 0.189. The van der Waals surface area contributed by atoms with Gasteiger partial charge in [0.05, 0.1) is 32.2 Å². The first-order valence-corrected chi connectivity index (χ1v) is 10.2. The zero-order valence-electron chi connectivity index (χ0n) is 16.1. The Labute approximate surface area is 164 Å². The lowest BCUT2D eigenvalue weighted by molar-refractivity contribution is -0.120. The SMILES string of the molecule is COc1ccc(OC)c(N(CC(=O)N[C@@H](C)c2ccc(F)cc2)S(C)(=O)=O)c1. The maximum atomic E-state index is 13.1. The van der Waals surface area contributed by atoms with Crippen LogP contribution in [0.3, 0.4) is 0 Å². The molecule has 2 aromatic rings. The molecule has 0 radical (unpaired) electrons. The predicted molar refractivity (Wildman–Crippen MR) is 105 cm³/mol. The van der Waals surface area contributed by atoms with Crippen molar-refractivity contribution in [3.8, 4) is 11.5 Å². The van der Waals surface area contributed by atoms with Crippen LogP contribution >= 0.6 is 0 Å². The first-order valence-electron chi connectivity index (χ1n) is 8.40. The van der Waals surface area contributed by atoms with Crippen molar-refractivity contribution in [1.29, 1.82) is 0 Å². The van der Waals surface area contributed by atoms with E-state index in [0.717, 1.165) is 10.6 Å². The fourth-order valence-electron chi connectivity index (χ4n) is 2.63. The van der Waals surface area contributed by atoms with Gasteiger partial charge in [0.15, 0.2) is 0 Å². The molecule has 9 heteroatoms. The summed E-state index contributed by atoms with van der Waals surface area (Å²) in [4.78, 5) is 12.5. The summed E-state index contributed by atoms with van der Waals surface area (Å²) in [5.41, 5.74) is 0.883. The van der Waals surface area contributed by atoms with E-state index in [2.05, 4.69) is 5.32 Å². The minimum atomic E-state index is -3.79. The number of benzene rings is 2. The first kappa shape index (κ1) is 21.5. The number of sulfonamides is 1. The molecule has 0 aliphatic heterocycles. The summed E-state index contributed by atoms with van der Waals surface area (Å²) < 4.78 is 49.1. The predicted octanol–water partition coefficient (Wildman–Crippen LogP) is 2.49. The number of halogens is 1. The molecule has 1 amide bonds. The van der Waals surface area contributed by atoms with Crippen molar-refractivity contribution in [1.82, 2.24) is 5.32 Å². The Bertz CT molecular complexity index is 932. The van der Waals surface area contributed by atoms with Gasteiger partial charge in [-0.15, -0.1) is 0 Å². The van der Waals surface area contributed by atoms with Crippen LogP contribution in [0.5, 0.6) is 11.5 Å². The molecule has 0 heterocycles. The summed E-state index contributed by atoms with van der Waals surface area (Å²) in [5, 5.41) is 2.71. The fourth-order valence-corrected chi connectivity index (χ4v) is 3.48. The molecule has 2 rings (SSSR count). The maximum absolute atomic E-state index is 13.1. The number of anilines is 1. The van der Waals surface area contributed by atoms with Crippen LogP contribution in [0.15, 0.2) is 42.5 Å². The number of rotatable bonds is 8. The normalized spacial score (nSPS) is 12.2. The fraction of sp³-hybridized carbons (Fsp3) is 0.316.